The number of aryl methyl sites for hydroxylation is 2. The molecule has 0 radical (unpaired) electrons. The highest BCUT2D eigenvalue weighted by Crippen LogP contribution is 2.09. The van der Waals surface area contributed by atoms with Gasteiger partial charge >= 0.3 is 5.97 Å². The lowest BCUT2D eigenvalue weighted by molar-refractivity contribution is 0.0690. The fourth-order valence-electron chi connectivity index (χ4n) is 1.59. The number of carboxylic acid groups (broad SMARTS) is 1. The minimum absolute atomic E-state index is 0.0338. The van der Waals surface area contributed by atoms with Gasteiger partial charge in [-0.2, -0.15) is 0 Å². The quantitative estimate of drug-likeness (QED) is 0.888. The molecule has 0 aliphatic carbocycles. The Morgan fingerprint density at radius 1 is 1.42 bits per heavy atom. The SMILES string of the molecule is CCn1nnc(C)c1C=Cc1cc(C(=O)O)ncn1. The molecule has 19 heavy (non-hydrogen) atoms. The van der Waals surface area contributed by atoms with E-state index in [9.17, 15) is 4.79 Å². The van der Waals surface area contributed by atoms with Gasteiger partial charge in [-0.15, -0.1) is 5.10 Å². The van der Waals surface area contributed by atoms with Crippen molar-refractivity contribution in [3.8, 4) is 0 Å². The van der Waals surface area contributed by atoms with Gasteiger partial charge in [-0.05, 0) is 32.1 Å². The van der Waals surface area contributed by atoms with Crippen molar-refractivity contribution in [3.63, 3.8) is 0 Å². The lowest BCUT2D eigenvalue weighted by Crippen LogP contribution is -2.01. The molecule has 2 aromatic rings. The van der Waals surface area contributed by atoms with Gasteiger partial charge in [0.05, 0.1) is 17.1 Å². The maximum absolute atomic E-state index is 10.8. The third kappa shape index (κ3) is 2.82. The number of hydrogen-bond acceptors (Lipinski definition) is 5. The van der Waals surface area contributed by atoms with Crippen molar-refractivity contribution in [1.82, 2.24) is 25.0 Å². The number of aromatic nitrogens is 5. The van der Waals surface area contributed by atoms with Gasteiger partial charge in [-0.3, -0.25) is 0 Å². The molecule has 0 aliphatic rings. The van der Waals surface area contributed by atoms with E-state index in [0.717, 1.165) is 11.4 Å². The van der Waals surface area contributed by atoms with E-state index in [2.05, 4.69) is 20.3 Å². The summed E-state index contributed by atoms with van der Waals surface area (Å²) in [6.07, 6.45) is 4.75. The Hall–Kier alpha value is -2.57. The molecule has 98 valence electrons. The van der Waals surface area contributed by atoms with Gasteiger partial charge in [-0.1, -0.05) is 5.21 Å². The maximum atomic E-state index is 10.8. The second kappa shape index (κ2) is 5.38. The lowest BCUT2D eigenvalue weighted by Gasteiger charge is -1.99. The molecule has 0 unspecified atom stereocenters. The highest BCUT2D eigenvalue weighted by Gasteiger charge is 2.06. The second-order valence-corrected chi connectivity index (χ2v) is 3.84. The molecule has 0 spiro atoms. The second-order valence-electron chi connectivity index (χ2n) is 3.84. The van der Waals surface area contributed by atoms with E-state index in [4.69, 9.17) is 5.11 Å². The van der Waals surface area contributed by atoms with Gasteiger partial charge < -0.3 is 5.11 Å². The first-order valence-corrected chi connectivity index (χ1v) is 5.75. The van der Waals surface area contributed by atoms with Crippen molar-refractivity contribution in [2.45, 2.75) is 20.4 Å². The van der Waals surface area contributed by atoms with Crippen molar-refractivity contribution in [2.24, 2.45) is 0 Å². The van der Waals surface area contributed by atoms with E-state index in [1.54, 1.807) is 10.8 Å². The van der Waals surface area contributed by atoms with Crippen molar-refractivity contribution >= 4 is 18.1 Å². The molecule has 0 saturated carbocycles. The van der Waals surface area contributed by atoms with E-state index in [0.29, 0.717) is 12.2 Å². The van der Waals surface area contributed by atoms with E-state index >= 15 is 0 Å². The smallest absolute Gasteiger partial charge is 0.354 e. The van der Waals surface area contributed by atoms with Crippen LogP contribution in [0.4, 0.5) is 0 Å². The monoisotopic (exact) mass is 259 g/mol. The van der Waals surface area contributed by atoms with Crippen LogP contribution in [0, 0.1) is 6.92 Å². The molecule has 0 bridgehead atoms. The summed E-state index contributed by atoms with van der Waals surface area (Å²) in [5, 5.41) is 16.8. The molecule has 0 aliphatic heterocycles. The van der Waals surface area contributed by atoms with Crippen LogP contribution in [0.25, 0.3) is 12.2 Å². The Bertz CT molecular complexity index is 633. The van der Waals surface area contributed by atoms with E-state index < -0.39 is 5.97 Å². The van der Waals surface area contributed by atoms with Crippen LogP contribution in [0.5, 0.6) is 0 Å². The number of aromatic carboxylic acids is 1. The Morgan fingerprint density at radius 3 is 2.89 bits per heavy atom. The van der Waals surface area contributed by atoms with Crippen LogP contribution >= 0.6 is 0 Å². The summed E-state index contributed by atoms with van der Waals surface area (Å²) in [5.41, 5.74) is 2.17. The van der Waals surface area contributed by atoms with Crippen molar-refractivity contribution < 1.29 is 9.90 Å². The van der Waals surface area contributed by atoms with Crippen LogP contribution in [0.3, 0.4) is 0 Å². The van der Waals surface area contributed by atoms with Crippen LogP contribution in [0.1, 0.15) is 34.5 Å². The number of rotatable bonds is 4. The first-order valence-electron chi connectivity index (χ1n) is 5.75. The van der Waals surface area contributed by atoms with Gasteiger partial charge in [0.2, 0.25) is 0 Å². The molecule has 0 amide bonds. The lowest BCUT2D eigenvalue weighted by atomic mass is 10.2. The summed E-state index contributed by atoms with van der Waals surface area (Å²) in [6.45, 7) is 4.55. The Kier molecular flexibility index (Phi) is 3.65. The van der Waals surface area contributed by atoms with Crippen LogP contribution < -0.4 is 0 Å². The van der Waals surface area contributed by atoms with Crippen LogP contribution in [0.2, 0.25) is 0 Å². The molecule has 7 heteroatoms. The van der Waals surface area contributed by atoms with Crippen molar-refractivity contribution in [1.29, 1.82) is 0 Å². The fourth-order valence-corrected chi connectivity index (χ4v) is 1.59. The highest BCUT2D eigenvalue weighted by atomic mass is 16.4. The molecule has 0 fully saturated rings. The van der Waals surface area contributed by atoms with Gasteiger partial charge in [0.15, 0.2) is 5.69 Å². The third-order valence-electron chi connectivity index (χ3n) is 2.57. The Labute approximate surface area is 109 Å². The normalized spacial score (nSPS) is 11.1. The Morgan fingerprint density at radius 2 is 2.21 bits per heavy atom. The Balaban J connectivity index is 2.30. The van der Waals surface area contributed by atoms with E-state index in [1.807, 2.05) is 19.9 Å². The van der Waals surface area contributed by atoms with Crippen LogP contribution in [0.15, 0.2) is 12.4 Å². The van der Waals surface area contributed by atoms with Crippen molar-refractivity contribution in [3.05, 3.63) is 35.2 Å². The zero-order chi connectivity index (χ0) is 13.8. The summed E-state index contributed by atoms with van der Waals surface area (Å²) in [6, 6.07) is 1.41. The molecule has 2 heterocycles. The number of nitrogens with zero attached hydrogens (tertiary/aromatic N) is 5. The summed E-state index contributed by atoms with van der Waals surface area (Å²) >= 11 is 0. The predicted molar refractivity (Wildman–Crippen MR) is 68.4 cm³/mol. The molecule has 2 rings (SSSR count). The number of carbonyl (C=O) groups is 1. The molecular weight excluding hydrogens is 246 g/mol. The van der Waals surface area contributed by atoms with E-state index in [-0.39, 0.29) is 5.69 Å². The average molecular weight is 259 g/mol. The standard InChI is InChI=1S/C12H13N5O2/c1-3-17-11(8(2)15-16-17)5-4-9-6-10(12(18)19)14-7-13-9/h4-7H,3H2,1-2H3,(H,18,19). The first-order chi connectivity index (χ1) is 9.11. The summed E-state index contributed by atoms with van der Waals surface area (Å²) < 4.78 is 1.76. The topological polar surface area (TPSA) is 93.8 Å². The number of hydrogen-bond donors (Lipinski definition) is 1. The van der Waals surface area contributed by atoms with Crippen molar-refractivity contribution in [2.75, 3.05) is 0 Å². The molecule has 0 aromatic carbocycles. The zero-order valence-corrected chi connectivity index (χ0v) is 10.6. The molecule has 7 nitrogen and oxygen atoms in total. The summed E-state index contributed by atoms with van der Waals surface area (Å²) in [7, 11) is 0. The fraction of sp³-hybridized carbons (Fsp3) is 0.250. The highest BCUT2D eigenvalue weighted by molar-refractivity contribution is 5.86. The van der Waals surface area contributed by atoms with Gasteiger partial charge in [0.25, 0.3) is 0 Å². The minimum Gasteiger partial charge on any atom is -0.477 e. The maximum Gasteiger partial charge on any atom is 0.354 e. The van der Waals surface area contributed by atoms with E-state index in [1.165, 1.54) is 12.4 Å². The van der Waals surface area contributed by atoms with Crippen LogP contribution in [-0.2, 0) is 6.54 Å². The van der Waals surface area contributed by atoms with Gasteiger partial charge in [-0.25, -0.2) is 19.4 Å². The molecule has 2 aromatic heterocycles. The molecule has 0 atom stereocenters. The minimum atomic E-state index is -1.08. The molecular formula is C12H13N5O2. The molecule has 0 saturated heterocycles. The van der Waals surface area contributed by atoms with Gasteiger partial charge in [0.1, 0.15) is 6.33 Å². The summed E-state index contributed by atoms with van der Waals surface area (Å²) in [4.78, 5) is 18.5. The zero-order valence-electron chi connectivity index (χ0n) is 10.6. The molecule has 1 N–H and O–H groups in total. The van der Waals surface area contributed by atoms with Gasteiger partial charge in [0, 0.05) is 6.54 Å². The first kappa shape index (κ1) is 12.9. The van der Waals surface area contributed by atoms with Crippen LogP contribution in [-0.4, -0.2) is 36.0 Å². The largest absolute Gasteiger partial charge is 0.477 e. The summed E-state index contributed by atoms with van der Waals surface area (Å²) in [5.74, 6) is -1.08. The third-order valence-corrected chi connectivity index (χ3v) is 2.57. The number of carboxylic acids is 1. The average Bonchev–Trinajstić information content (AvgIpc) is 2.77. The predicted octanol–water partition coefficient (Wildman–Crippen LogP) is 1.27.